The van der Waals surface area contributed by atoms with Gasteiger partial charge >= 0.3 is 0 Å². The number of aliphatic hydroxyl groups excluding tert-OH is 1. The molecule has 0 bridgehead atoms. The summed E-state index contributed by atoms with van der Waals surface area (Å²) >= 11 is 1.49. The smallest absolute Gasteiger partial charge is 0.277 e. The normalized spacial score (nSPS) is 18.2. The minimum absolute atomic E-state index is 0.133. The number of piperazine rings is 1. The average molecular weight is 412 g/mol. The van der Waals surface area contributed by atoms with E-state index >= 15 is 0 Å². The van der Waals surface area contributed by atoms with E-state index in [1.807, 2.05) is 52.7 Å². The molecule has 2 aliphatic heterocycles. The summed E-state index contributed by atoms with van der Waals surface area (Å²) in [6, 6.07) is 13.7. The lowest BCUT2D eigenvalue weighted by Gasteiger charge is -2.36. The van der Waals surface area contributed by atoms with Gasteiger partial charge in [0, 0.05) is 44.1 Å². The number of hydrogen-bond donors (Lipinski definition) is 1. The second kappa shape index (κ2) is 8.90. The van der Waals surface area contributed by atoms with Crippen molar-refractivity contribution in [3.63, 3.8) is 0 Å². The molecule has 1 aromatic carbocycles. The molecule has 2 aliphatic rings. The van der Waals surface area contributed by atoms with Gasteiger partial charge in [-0.1, -0.05) is 36.4 Å². The molecule has 152 valence electrons. The fourth-order valence-electron chi connectivity index (χ4n) is 3.92. The predicted molar refractivity (Wildman–Crippen MR) is 113 cm³/mol. The Morgan fingerprint density at radius 1 is 0.897 bits per heavy atom. The van der Waals surface area contributed by atoms with Crippen molar-refractivity contribution in [2.24, 2.45) is 0 Å². The van der Waals surface area contributed by atoms with Gasteiger partial charge in [-0.3, -0.25) is 19.4 Å². The van der Waals surface area contributed by atoms with Gasteiger partial charge in [0.2, 0.25) is 0 Å². The summed E-state index contributed by atoms with van der Waals surface area (Å²) in [6.07, 6.45) is 0.646. The minimum atomic E-state index is -0.193. The van der Waals surface area contributed by atoms with Crippen LogP contribution in [0, 0.1) is 0 Å². The van der Waals surface area contributed by atoms with E-state index in [0.717, 1.165) is 23.5 Å². The molecule has 0 radical (unpaired) electrons. The summed E-state index contributed by atoms with van der Waals surface area (Å²) < 4.78 is 0. The molecular formula is C22H25N3O3S. The Labute approximate surface area is 174 Å². The maximum Gasteiger partial charge on any atom is 0.277 e. The summed E-state index contributed by atoms with van der Waals surface area (Å²) in [5.41, 5.74) is 2.18. The van der Waals surface area contributed by atoms with Crippen LogP contribution in [0.25, 0.3) is 5.57 Å². The third-order valence-corrected chi connectivity index (χ3v) is 6.37. The largest absolute Gasteiger partial charge is 0.395 e. The number of aliphatic hydroxyl groups is 1. The third kappa shape index (κ3) is 4.12. The van der Waals surface area contributed by atoms with Crippen LogP contribution in [0.4, 0.5) is 0 Å². The molecule has 0 atom stereocenters. The zero-order valence-corrected chi connectivity index (χ0v) is 17.1. The Morgan fingerprint density at radius 2 is 1.66 bits per heavy atom. The van der Waals surface area contributed by atoms with Crippen molar-refractivity contribution >= 4 is 28.7 Å². The molecule has 29 heavy (non-hydrogen) atoms. The molecule has 6 nitrogen and oxygen atoms in total. The summed E-state index contributed by atoms with van der Waals surface area (Å²) in [4.78, 5) is 33.0. The number of hydrogen-bond acceptors (Lipinski definition) is 6. The van der Waals surface area contributed by atoms with Crippen LogP contribution < -0.4 is 0 Å². The van der Waals surface area contributed by atoms with Crippen LogP contribution in [0.2, 0.25) is 0 Å². The SMILES string of the molecule is O=C1C(c2cccs2)=C(N2CCN(CCO)CC2)C(=O)N1CCc1ccccc1. The molecule has 1 fully saturated rings. The van der Waals surface area contributed by atoms with Crippen molar-refractivity contribution in [3.05, 3.63) is 64.0 Å². The monoisotopic (exact) mass is 411 g/mol. The average Bonchev–Trinajstić information content (AvgIpc) is 3.35. The second-order valence-corrected chi connectivity index (χ2v) is 8.20. The lowest BCUT2D eigenvalue weighted by molar-refractivity contribution is -0.137. The van der Waals surface area contributed by atoms with E-state index in [9.17, 15) is 9.59 Å². The number of rotatable bonds is 7. The van der Waals surface area contributed by atoms with Crippen molar-refractivity contribution < 1.29 is 14.7 Å². The molecule has 2 aromatic rings. The summed E-state index contributed by atoms with van der Waals surface area (Å²) in [5, 5.41) is 11.1. The van der Waals surface area contributed by atoms with Gasteiger partial charge in [-0.15, -0.1) is 11.3 Å². The molecule has 0 spiro atoms. The molecule has 2 amide bonds. The standard InChI is InChI=1S/C22H25N3O3S/c26-15-14-23-10-12-24(13-11-23)20-19(18-7-4-16-29-18)21(27)25(22(20)28)9-8-17-5-2-1-3-6-17/h1-7,16,26H,8-15H2. The highest BCUT2D eigenvalue weighted by Gasteiger charge is 2.42. The molecule has 3 heterocycles. The number of nitrogens with zero attached hydrogens (tertiary/aromatic N) is 3. The van der Waals surface area contributed by atoms with Gasteiger partial charge in [0.15, 0.2) is 0 Å². The van der Waals surface area contributed by atoms with Gasteiger partial charge in [-0.2, -0.15) is 0 Å². The number of benzene rings is 1. The van der Waals surface area contributed by atoms with Crippen molar-refractivity contribution in [2.75, 3.05) is 45.9 Å². The van der Waals surface area contributed by atoms with Crippen molar-refractivity contribution in [1.82, 2.24) is 14.7 Å². The van der Waals surface area contributed by atoms with Crippen LogP contribution in [-0.4, -0.2) is 77.5 Å². The lowest BCUT2D eigenvalue weighted by Crippen LogP contribution is -2.48. The Hall–Kier alpha value is -2.48. The Morgan fingerprint density at radius 3 is 2.31 bits per heavy atom. The van der Waals surface area contributed by atoms with Crippen LogP contribution in [0.3, 0.4) is 0 Å². The van der Waals surface area contributed by atoms with Crippen LogP contribution in [0.1, 0.15) is 10.4 Å². The van der Waals surface area contributed by atoms with Crippen molar-refractivity contribution in [1.29, 1.82) is 0 Å². The minimum Gasteiger partial charge on any atom is -0.395 e. The molecule has 0 saturated carbocycles. The number of thiophene rings is 1. The van der Waals surface area contributed by atoms with E-state index < -0.39 is 0 Å². The van der Waals surface area contributed by atoms with Gasteiger partial charge in [-0.05, 0) is 23.4 Å². The molecule has 1 N–H and O–H groups in total. The molecule has 4 rings (SSSR count). The van der Waals surface area contributed by atoms with Crippen LogP contribution >= 0.6 is 11.3 Å². The molecule has 0 unspecified atom stereocenters. The zero-order chi connectivity index (χ0) is 20.2. The Balaban J connectivity index is 1.56. The first-order chi connectivity index (χ1) is 14.2. The number of β-amino-alcohol motifs (C(OH)–C–C–N with tert-alkyl or cyclic N) is 1. The van der Waals surface area contributed by atoms with E-state index in [-0.39, 0.29) is 18.4 Å². The van der Waals surface area contributed by atoms with Gasteiger partial charge in [0.1, 0.15) is 5.70 Å². The maximum absolute atomic E-state index is 13.3. The Kier molecular flexibility index (Phi) is 6.08. The van der Waals surface area contributed by atoms with E-state index in [4.69, 9.17) is 5.11 Å². The first-order valence-electron chi connectivity index (χ1n) is 9.95. The highest BCUT2D eigenvalue weighted by atomic mass is 32.1. The number of carbonyl (C=O) groups excluding carboxylic acids is 2. The van der Waals surface area contributed by atoms with Gasteiger partial charge < -0.3 is 10.0 Å². The van der Waals surface area contributed by atoms with E-state index in [1.165, 1.54) is 16.2 Å². The summed E-state index contributed by atoms with van der Waals surface area (Å²) in [5.74, 6) is -0.383. The zero-order valence-electron chi connectivity index (χ0n) is 16.3. The third-order valence-electron chi connectivity index (χ3n) is 5.48. The molecule has 1 saturated heterocycles. The quantitative estimate of drug-likeness (QED) is 0.703. The van der Waals surface area contributed by atoms with E-state index in [2.05, 4.69) is 4.90 Å². The van der Waals surface area contributed by atoms with Crippen molar-refractivity contribution in [2.45, 2.75) is 6.42 Å². The highest BCUT2D eigenvalue weighted by molar-refractivity contribution is 7.11. The van der Waals surface area contributed by atoms with E-state index in [1.54, 1.807) is 0 Å². The van der Waals surface area contributed by atoms with Gasteiger partial charge in [-0.25, -0.2) is 0 Å². The van der Waals surface area contributed by atoms with Gasteiger partial charge in [0.05, 0.1) is 12.2 Å². The van der Waals surface area contributed by atoms with Crippen LogP contribution in [0.5, 0.6) is 0 Å². The summed E-state index contributed by atoms with van der Waals surface area (Å²) in [6.45, 7) is 4.05. The molecule has 1 aromatic heterocycles. The van der Waals surface area contributed by atoms with Crippen molar-refractivity contribution in [3.8, 4) is 0 Å². The fourth-order valence-corrected chi connectivity index (χ4v) is 4.69. The molecule has 0 aliphatic carbocycles. The molecule has 7 heteroatoms. The molecular weight excluding hydrogens is 386 g/mol. The second-order valence-electron chi connectivity index (χ2n) is 7.25. The number of carbonyl (C=O) groups is 2. The lowest BCUT2D eigenvalue weighted by atomic mass is 10.1. The fraction of sp³-hybridized carbons (Fsp3) is 0.364. The number of imide groups is 1. The van der Waals surface area contributed by atoms with Crippen LogP contribution in [0.15, 0.2) is 53.5 Å². The predicted octanol–water partition coefficient (Wildman–Crippen LogP) is 1.68. The topological polar surface area (TPSA) is 64.1 Å². The van der Waals surface area contributed by atoms with Crippen LogP contribution in [-0.2, 0) is 16.0 Å². The van der Waals surface area contributed by atoms with Gasteiger partial charge in [0.25, 0.3) is 11.8 Å². The first kappa shape index (κ1) is 19.8. The highest BCUT2D eigenvalue weighted by Crippen LogP contribution is 2.34. The Bertz CT molecular complexity index is 887. The first-order valence-corrected chi connectivity index (χ1v) is 10.8. The van der Waals surface area contributed by atoms with E-state index in [0.29, 0.717) is 43.9 Å². The summed E-state index contributed by atoms with van der Waals surface area (Å²) in [7, 11) is 0. The number of amides is 2. The maximum atomic E-state index is 13.3.